The molecule has 0 aliphatic heterocycles. The molecule has 2 aromatic heterocycles. The maximum atomic E-state index is 12.1. The van der Waals surface area contributed by atoms with E-state index in [2.05, 4.69) is 10.3 Å². The van der Waals surface area contributed by atoms with Crippen LogP contribution in [0.15, 0.2) is 24.3 Å². The van der Waals surface area contributed by atoms with Gasteiger partial charge in [-0.2, -0.15) is 0 Å². The first-order valence-corrected chi connectivity index (χ1v) is 5.87. The molecule has 0 atom stereocenters. The van der Waals surface area contributed by atoms with E-state index in [1.807, 2.05) is 50.6 Å². The lowest BCUT2D eigenvalue weighted by Crippen LogP contribution is -2.14. The van der Waals surface area contributed by atoms with E-state index in [1.54, 1.807) is 6.07 Å². The summed E-state index contributed by atoms with van der Waals surface area (Å²) >= 11 is 0. The number of anilines is 1. The molecule has 0 unspecified atom stereocenters. The molecule has 2 heterocycles. The zero-order valence-electron chi connectivity index (χ0n) is 11.1. The Hall–Kier alpha value is -2.10. The number of nitrogens with one attached hydrogen (secondary N) is 1. The predicted molar refractivity (Wildman–Crippen MR) is 71.8 cm³/mol. The van der Waals surface area contributed by atoms with Crippen LogP contribution in [0.25, 0.3) is 0 Å². The molecule has 4 nitrogen and oxygen atoms in total. The van der Waals surface area contributed by atoms with Crippen molar-refractivity contribution in [2.45, 2.75) is 20.8 Å². The van der Waals surface area contributed by atoms with Crippen LogP contribution in [-0.2, 0) is 7.05 Å². The molecule has 4 heteroatoms. The minimum absolute atomic E-state index is 0.116. The first kappa shape index (κ1) is 12.4. The Balaban J connectivity index is 2.25. The van der Waals surface area contributed by atoms with E-state index in [4.69, 9.17) is 0 Å². The number of rotatable bonds is 2. The van der Waals surface area contributed by atoms with Crippen molar-refractivity contribution < 1.29 is 4.79 Å². The maximum Gasteiger partial charge on any atom is 0.258 e. The Morgan fingerprint density at radius 2 is 2.00 bits per heavy atom. The van der Waals surface area contributed by atoms with Crippen LogP contribution in [0.1, 0.15) is 27.4 Å². The fourth-order valence-corrected chi connectivity index (χ4v) is 1.88. The van der Waals surface area contributed by atoms with Gasteiger partial charge in [0.1, 0.15) is 5.82 Å². The van der Waals surface area contributed by atoms with E-state index in [0.29, 0.717) is 11.4 Å². The van der Waals surface area contributed by atoms with Gasteiger partial charge in [0.15, 0.2) is 0 Å². The molecule has 0 aliphatic rings. The average molecular weight is 243 g/mol. The molecule has 1 amide bonds. The standard InChI is InChI=1S/C14H17N3O/c1-9-6-5-7-13(15-9)16-14(18)12-8-10(2)17(4)11(12)3/h5-8H,1-4H3,(H,15,16,18). The van der Waals surface area contributed by atoms with Crippen molar-refractivity contribution in [2.75, 3.05) is 5.32 Å². The van der Waals surface area contributed by atoms with E-state index in [0.717, 1.165) is 17.1 Å². The number of aryl methyl sites for hydroxylation is 2. The van der Waals surface area contributed by atoms with Gasteiger partial charge in [-0.25, -0.2) is 4.98 Å². The SMILES string of the molecule is Cc1cccc(NC(=O)c2cc(C)n(C)c2C)n1. The predicted octanol–water partition coefficient (Wildman–Crippen LogP) is 2.60. The van der Waals surface area contributed by atoms with Crippen LogP contribution in [0.3, 0.4) is 0 Å². The van der Waals surface area contributed by atoms with Crippen LogP contribution in [0.4, 0.5) is 5.82 Å². The number of carbonyl (C=O) groups excluding carboxylic acids is 1. The van der Waals surface area contributed by atoms with Crippen LogP contribution in [-0.4, -0.2) is 15.5 Å². The van der Waals surface area contributed by atoms with E-state index in [1.165, 1.54) is 0 Å². The van der Waals surface area contributed by atoms with Crippen molar-refractivity contribution in [3.8, 4) is 0 Å². The Morgan fingerprint density at radius 3 is 2.56 bits per heavy atom. The Labute approximate surface area is 107 Å². The second-order valence-corrected chi connectivity index (χ2v) is 4.46. The molecule has 0 saturated heterocycles. The highest BCUT2D eigenvalue weighted by molar-refractivity contribution is 6.04. The van der Waals surface area contributed by atoms with Gasteiger partial charge in [0.2, 0.25) is 0 Å². The van der Waals surface area contributed by atoms with E-state index in [9.17, 15) is 4.79 Å². The number of hydrogen-bond acceptors (Lipinski definition) is 2. The quantitative estimate of drug-likeness (QED) is 0.881. The van der Waals surface area contributed by atoms with Gasteiger partial charge in [-0.3, -0.25) is 4.79 Å². The lowest BCUT2D eigenvalue weighted by atomic mass is 10.2. The molecule has 0 spiro atoms. The average Bonchev–Trinajstić information content (AvgIpc) is 2.57. The Morgan fingerprint density at radius 1 is 1.28 bits per heavy atom. The zero-order chi connectivity index (χ0) is 13.3. The molecule has 0 saturated carbocycles. The van der Waals surface area contributed by atoms with Crippen molar-refractivity contribution in [3.05, 3.63) is 46.9 Å². The van der Waals surface area contributed by atoms with Gasteiger partial charge < -0.3 is 9.88 Å². The summed E-state index contributed by atoms with van der Waals surface area (Å²) in [5.41, 5.74) is 3.60. The zero-order valence-corrected chi connectivity index (χ0v) is 11.1. The molecule has 0 aromatic carbocycles. The van der Waals surface area contributed by atoms with Crippen LogP contribution >= 0.6 is 0 Å². The molecule has 2 rings (SSSR count). The molecule has 0 fully saturated rings. The third kappa shape index (κ3) is 2.27. The molecule has 2 aromatic rings. The first-order chi connectivity index (χ1) is 8.49. The van der Waals surface area contributed by atoms with Gasteiger partial charge in [0.05, 0.1) is 5.56 Å². The van der Waals surface area contributed by atoms with E-state index < -0.39 is 0 Å². The number of pyridine rings is 1. The van der Waals surface area contributed by atoms with Crippen molar-refractivity contribution in [3.63, 3.8) is 0 Å². The number of aromatic nitrogens is 2. The first-order valence-electron chi connectivity index (χ1n) is 5.87. The minimum atomic E-state index is -0.116. The fraction of sp³-hybridized carbons (Fsp3) is 0.286. The van der Waals surface area contributed by atoms with Crippen molar-refractivity contribution in [2.24, 2.45) is 7.05 Å². The summed E-state index contributed by atoms with van der Waals surface area (Å²) in [5.74, 6) is 0.468. The second kappa shape index (κ2) is 4.64. The van der Waals surface area contributed by atoms with Crippen LogP contribution in [0, 0.1) is 20.8 Å². The van der Waals surface area contributed by atoms with Gasteiger partial charge in [0.25, 0.3) is 5.91 Å². The summed E-state index contributed by atoms with van der Waals surface area (Å²) < 4.78 is 2.00. The molecular formula is C14H17N3O. The molecule has 0 aliphatic carbocycles. The fourth-order valence-electron chi connectivity index (χ4n) is 1.88. The van der Waals surface area contributed by atoms with Gasteiger partial charge in [-0.1, -0.05) is 6.07 Å². The summed E-state index contributed by atoms with van der Waals surface area (Å²) in [5, 5.41) is 2.82. The molecular weight excluding hydrogens is 226 g/mol. The van der Waals surface area contributed by atoms with Crippen LogP contribution < -0.4 is 5.32 Å². The van der Waals surface area contributed by atoms with Gasteiger partial charge in [-0.05, 0) is 39.0 Å². The molecule has 94 valence electrons. The molecule has 0 bridgehead atoms. The highest BCUT2D eigenvalue weighted by Crippen LogP contribution is 2.15. The van der Waals surface area contributed by atoms with Crippen molar-refractivity contribution in [1.82, 2.24) is 9.55 Å². The normalized spacial score (nSPS) is 10.4. The number of nitrogens with zero attached hydrogens (tertiary/aromatic N) is 2. The van der Waals surface area contributed by atoms with Crippen molar-refractivity contribution >= 4 is 11.7 Å². The second-order valence-electron chi connectivity index (χ2n) is 4.46. The maximum absolute atomic E-state index is 12.1. The lowest BCUT2D eigenvalue weighted by molar-refractivity contribution is 0.102. The van der Waals surface area contributed by atoms with E-state index in [-0.39, 0.29) is 5.91 Å². The summed E-state index contributed by atoms with van der Waals surface area (Å²) in [6.07, 6.45) is 0. The lowest BCUT2D eigenvalue weighted by Gasteiger charge is -2.05. The largest absolute Gasteiger partial charge is 0.351 e. The third-order valence-corrected chi connectivity index (χ3v) is 3.15. The number of amides is 1. The monoisotopic (exact) mass is 243 g/mol. The van der Waals surface area contributed by atoms with E-state index >= 15 is 0 Å². The van der Waals surface area contributed by atoms with Gasteiger partial charge >= 0.3 is 0 Å². The number of carbonyl (C=O) groups is 1. The third-order valence-electron chi connectivity index (χ3n) is 3.15. The summed E-state index contributed by atoms with van der Waals surface area (Å²) in [7, 11) is 1.95. The van der Waals surface area contributed by atoms with Crippen molar-refractivity contribution in [1.29, 1.82) is 0 Å². The number of hydrogen-bond donors (Lipinski definition) is 1. The summed E-state index contributed by atoms with van der Waals surface area (Å²) in [6.45, 7) is 5.81. The van der Waals surface area contributed by atoms with Gasteiger partial charge in [-0.15, -0.1) is 0 Å². The highest BCUT2D eigenvalue weighted by atomic mass is 16.1. The van der Waals surface area contributed by atoms with Crippen LogP contribution in [0.2, 0.25) is 0 Å². The Bertz CT molecular complexity index is 599. The smallest absolute Gasteiger partial charge is 0.258 e. The Kier molecular flexibility index (Phi) is 3.19. The minimum Gasteiger partial charge on any atom is -0.351 e. The molecule has 18 heavy (non-hydrogen) atoms. The summed E-state index contributed by atoms with van der Waals surface area (Å²) in [4.78, 5) is 16.4. The molecule has 0 radical (unpaired) electrons. The topological polar surface area (TPSA) is 46.9 Å². The highest BCUT2D eigenvalue weighted by Gasteiger charge is 2.14. The summed E-state index contributed by atoms with van der Waals surface area (Å²) in [6, 6.07) is 7.45. The molecule has 1 N–H and O–H groups in total. The van der Waals surface area contributed by atoms with Crippen LogP contribution in [0.5, 0.6) is 0 Å². The van der Waals surface area contributed by atoms with Gasteiger partial charge in [0, 0.05) is 24.1 Å².